The Morgan fingerprint density at radius 3 is 2.73 bits per heavy atom. The lowest BCUT2D eigenvalue weighted by molar-refractivity contribution is -0.113. The monoisotopic (exact) mass is 388 g/mol. The average Bonchev–Trinajstić information content (AvgIpc) is 3.26. The van der Waals surface area contributed by atoms with E-state index in [2.05, 4.69) is 15.5 Å². The molecule has 0 aliphatic heterocycles. The van der Waals surface area contributed by atoms with Gasteiger partial charge in [0.05, 0.1) is 12.9 Å². The van der Waals surface area contributed by atoms with Crippen LogP contribution < -0.4 is 5.32 Å². The first-order valence-electron chi connectivity index (χ1n) is 7.62. The third-order valence-corrected chi connectivity index (χ3v) is 5.45. The molecule has 0 bridgehead atoms. The molecule has 1 aromatic carbocycles. The van der Waals surface area contributed by atoms with Crippen LogP contribution in [0.25, 0.3) is 11.1 Å². The zero-order valence-corrected chi connectivity index (χ0v) is 15.8. The summed E-state index contributed by atoms with van der Waals surface area (Å²) in [6.45, 7) is 0. The number of aryl methyl sites for hydroxylation is 1. The highest BCUT2D eigenvalue weighted by atomic mass is 32.2. The summed E-state index contributed by atoms with van der Waals surface area (Å²) in [5, 5.41) is 13.4. The SMILES string of the molecule is COC(=O)c1c(-c2ccccc2)csc1NC(=O)CSc1nncn1C. The van der Waals surface area contributed by atoms with E-state index in [1.165, 1.54) is 30.2 Å². The van der Waals surface area contributed by atoms with Crippen molar-refractivity contribution in [3.05, 3.63) is 47.6 Å². The van der Waals surface area contributed by atoms with Gasteiger partial charge < -0.3 is 14.6 Å². The number of anilines is 1. The number of carbonyl (C=O) groups is 2. The van der Waals surface area contributed by atoms with Gasteiger partial charge in [-0.1, -0.05) is 42.1 Å². The second-order valence-corrected chi connectivity index (χ2v) is 7.09. The van der Waals surface area contributed by atoms with Crippen molar-refractivity contribution >= 4 is 40.0 Å². The number of benzene rings is 1. The highest BCUT2D eigenvalue weighted by Crippen LogP contribution is 2.36. The van der Waals surface area contributed by atoms with Crippen molar-refractivity contribution in [2.24, 2.45) is 7.05 Å². The molecule has 0 aliphatic carbocycles. The van der Waals surface area contributed by atoms with Crippen molar-refractivity contribution in [1.82, 2.24) is 14.8 Å². The summed E-state index contributed by atoms with van der Waals surface area (Å²) in [5.41, 5.74) is 1.98. The average molecular weight is 388 g/mol. The van der Waals surface area contributed by atoms with E-state index < -0.39 is 5.97 Å². The summed E-state index contributed by atoms with van der Waals surface area (Å²) in [6, 6.07) is 9.50. The number of hydrogen-bond donors (Lipinski definition) is 1. The summed E-state index contributed by atoms with van der Waals surface area (Å²) in [7, 11) is 3.13. The zero-order chi connectivity index (χ0) is 18.5. The van der Waals surface area contributed by atoms with Gasteiger partial charge in [-0.25, -0.2) is 4.79 Å². The Hall–Kier alpha value is -2.65. The number of esters is 1. The normalized spacial score (nSPS) is 10.5. The molecule has 0 unspecified atom stereocenters. The van der Waals surface area contributed by atoms with Crippen LogP contribution in [0.4, 0.5) is 5.00 Å². The van der Waals surface area contributed by atoms with E-state index >= 15 is 0 Å². The molecule has 0 saturated carbocycles. The number of ether oxygens (including phenoxy) is 1. The smallest absolute Gasteiger partial charge is 0.341 e. The topological polar surface area (TPSA) is 86.1 Å². The third kappa shape index (κ3) is 3.94. The van der Waals surface area contributed by atoms with E-state index in [1.807, 2.05) is 35.7 Å². The van der Waals surface area contributed by atoms with Crippen molar-refractivity contribution in [3.63, 3.8) is 0 Å². The summed E-state index contributed by atoms with van der Waals surface area (Å²) in [6.07, 6.45) is 1.57. The van der Waals surface area contributed by atoms with Gasteiger partial charge in [0.1, 0.15) is 16.9 Å². The Bertz CT molecular complexity index is 921. The molecule has 3 aromatic rings. The van der Waals surface area contributed by atoms with Crippen LogP contribution in [-0.2, 0) is 16.6 Å². The number of carbonyl (C=O) groups excluding carboxylic acids is 2. The Morgan fingerprint density at radius 1 is 1.31 bits per heavy atom. The van der Waals surface area contributed by atoms with Gasteiger partial charge in [0.2, 0.25) is 5.91 Å². The highest BCUT2D eigenvalue weighted by molar-refractivity contribution is 7.99. The molecule has 134 valence electrons. The van der Waals surface area contributed by atoms with Crippen LogP contribution >= 0.6 is 23.1 Å². The Morgan fingerprint density at radius 2 is 2.08 bits per heavy atom. The first kappa shape index (κ1) is 18.2. The highest BCUT2D eigenvalue weighted by Gasteiger charge is 2.22. The lowest BCUT2D eigenvalue weighted by atomic mass is 10.0. The molecule has 3 rings (SSSR count). The fourth-order valence-electron chi connectivity index (χ4n) is 2.28. The van der Waals surface area contributed by atoms with Gasteiger partial charge >= 0.3 is 5.97 Å². The van der Waals surface area contributed by atoms with E-state index in [-0.39, 0.29) is 11.7 Å². The summed E-state index contributed by atoms with van der Waals surface area (Å²) in [4.78, 5) is 24.6. The van der Waals surface area contributed by atoms with Gasteiger partial charge in [0.25, 0.3) is 0 Å². The first-order chi connectivity index (χ1) is 12.6. The van der Waals surface area contributed by atoms with Crippen LogP contribution in [0, 0.1) is 0 Å². The van der Waals surface area contributed by atoms with Gasteiger partial charge in [-0.2, -0.15) is 0 Å². The third-order valence-electron chi connectivity index (χ3n) is 3.52. The number of nitrogens with one attached hydrogen (secondary N) is 1. The molecular formula is C17H16N4O3S2. The number of rotatable bonds is 6. The molecule has 9 heteroatoms. The predicted molar refractivity (Wildman–Crippen MR) is 101 cm³/mol. The number of amides is 1. The molecule has 0 radical (unpaired) electrons. The predicted octanol–water partition coefficient (Wildman–Crippen LogP) is 3.06. The molecule has 2 aromatic heterocycles. The fraction of sp³-hybridized carbons (Fsp3) is 0.176. The van der Waals surface area contributed by atoms with Crippen LogP contribution in [0.1, 0.15) is 10.4 Å². The number of nitrogens with zero attached hydrogens (tertiary/aromatic N) is 3. The molecule has 0 aliphatic rings. The molecule has 0 atom stereocenters. The summed E-state index contributed by atoms with van der Waals surface area (Å²) >= 11 is 2.56. The standard InChI is InChI=1S/C17H16N4O3S2/c1-21-10-18-20-17(21)26-9-13(22)19-15-14(16(23)24-2)12(8-25-15)11-6-4-3-5-7-11/h3-8,10H,9H2,1-2H3,(H,19,22). The van der Waals surface area contributed by atoms with Crippen molar-refractivity contribution < 1.29 is 14.3 Å². The maximum Gasteiger partial charge on any atom is 0.341 e. The minimum Gasteiger partial charge on any atom is -0.465 e. The fourth-order valence-corrected chi connectivity index (χ4v) is 3.94. The zero-order valence-electron chi connectivity index (χ0n) is 14.1. The maximum absolute atomic E-state index is 12.3. The van der Waals surface area contributed by atoms with Crippen LogP contribution in [-0.4, -0.2) is 39.5 Å². The lowest BCUT2D eigenvalue weighted by Gasteiger charge is -2.07. The van der Waals surface area contributed by atoms with E-state index in [9.17, 15) is 9.59 Å². The van der Waals surface area contributed by atoms with Crippen LogP contribution in [0.3, 0.4) is 0 Å². The Kier molecular flexibility index (Phi) is 5.69. The Balaban J connectivity index is 1.79. The van der Waals surface area contributed by atoms with E-state index in [1.54, 1.807) is 17.9 Å². The molecular weight excluding hydrogens is 372 g/mol. The number of thioether (sulfide) groups is 1. The van der Waals surface area contributed by atoms with E-state index in [4.69, 9.17) is 4.74 Å². The quantitative estimate of drug-likeness (QED) is 0.516. The molecule has 2 heterocycles. The van der Waals surface area contributed by atoms with Gasteiger partial charge in [0, 0.05) is 18.0 Å². The number of thiophene rings is 1. The van der Waals surface area contributed by atoms with Crippen LogP contribution in [0.5, 0.6) is 0 Å². The maximum atomic E-state index is 12.3. The lowest BCUT2D eigenvalue weighted by Crippen LogP contribution is -2.16. The minimum absolute atomic E-state index is 0.158. The molecule has 0 saturated heterocycles. The largest absolute Gasteiger partial charge is 0.465 e. The summed E-state index contributed by atoms with van der Waals surface area (Å²) in [5.74, 6) is -0.558. The molecule has 1 N–H and O–H groups in total. The van der Waals surface area contributed by atoms with Crippen molar-refractivity contribution in [2.75, 3.05) is 18.2 Å². The summed E-state index contributed by atoms with van der Waals surface area (Å²) < 4.78 is 6.64. The van der Waals surface area contributed by atoms with Gasteiger partial charge in [-0.15, -0.1) is 21.5 Å². The second-order valence-electron chi connectivity index (χ2n) is 5.27. The number of hydrogen-bond acceptors (Lipinski definition) is 7. The van der Waals surface area contributed by atoms with Gasteiger partial charge in [-0.3, -0.25) is 4.79 Å². The number of methoxy groups -OCH3 is 1. The number of aromatic nitrogens is 3. The molecule has 26 heavy (non-hydrogen) atoms. The van der Waals surface area contributed by atoms with Crippen molar-refractivity contribution in [2.45, 2.75) is 5.16 Å². The van der Waals surface area contributed by atoms with Crippen molar-refractivity contribution in [1.29, 1.82) is 0 Å². The molecule has 0 fully saturated rings. The molecule has 1 amide bonds. The minimum atomic E-state index is -0.485. The van der Waals surface area contributed by atoms with Crippen molar-refractivity contribution in [3.8, 4) is 11.1 Å². The van der Waals surface area contributed by atoms with E-state index in [0.717, 1.165) is 11.1 Å². The molecule has 0 spiro atoms. The second kappa shape index (κ2) is 8.15. The Labute approximate surface area is 158 Å². The van der Waals surface area contributed by atoms with Crippen LogP contribution in [0.2, 0.25) is 0 Å². The van der Waals surface area contributed by atoms with Crippen LogP contribution in [0.15, 0.2) is 47.2 Å². The van der Waals surface area contributed by atoms with Gasteiger partial charge in [0.15, 0.2) is 5.16 Å². The first-order valence-corrected chi connectivity index (χ1v) is 9.48. The van der Waals surface area contributed by atoms with Gasteiger partial charge in [-0.05, 0) is 5.56 Å². The van der Waals surface area contributed by atoms with E-state index in [0.29, 0.717) is 15.7 Å². The molecule has 7 nitrogen and oxygen atoms in total.